The third-order valence-corrected chi connectivity index (χ3v) is 3.38. The maximum absolute atomic E-state index is 11.1. The second kappa shape index (κ2) is 6.15. The molecule has 0 saturated carbocycles. The summed E-state index contributed by atoms with van der Waals surface area (Å²) in [6.07, 6.45) is 0.969. The molecule has 0 aliphatic carbocycles. The lowest BCUT2D eigenvalue weighted by molar-refractivity contribution is -0.384. The Hall–Kier alpha value is -2.41. The normalized spacial score (nSPS) is 20.1. The van der Waals surface area contributed by atoms with E-state index in [9.17, 15) is 14.9 Å². The van der Waals surface area contributed by atoms with Gasteiger partial charge in [-0.25, -0.2) is 4.79 Å². The van der Waals surface area contributed by atoms with Gasteiger partial charge in [0.25, 0.3) is 5.69 Å². The predicted molar refractivity (Wildman–Crippen MR) is 77.8 cm³/mol. The molecule has 1 aromatic rings. The van der Waals surface area contributed by atoms with Crippen molar-refractivity contribution in [2.45, 2.75) is 20.0 Å². The summed E-state index contributed by atoms with van der Waals surface area (Å²) in [5, 5.41) is 19.7. The lowest BCUT2D eigenvalue weighted by Gasteiger charge is -2.33. The zero-order valence-corrected chi connectivity index (χ0v) is 12.3. The summed E-state index contributed by atoms with van der Waals surface area (Å²) in [5.41, 5.74) is 0.206. The number of aliphatic carboxylic acids is 1. The number of nitro benzene ring substituents is 1. The van der Waals surface area contributed by atoms with Crippen molar-refractivity contribution in [3.8, 4) is 5.75 Å². The minimum absolute atomic E-state index is 0.00185. The van der Waals surface area contributed by atoms with Gasteiger partial charge in [0, 0.05) is 17.5 Å². The molecule has 1 atom stereocenters. The largest absolute Gasteiger partial charge is 0.489 e. The number of ether oxygens (including phenoxy) is 2. The highest BCUT2D eigenvalue weighted by molar-refractivity contribution is 5.74. The van der Waals surface area contributed by atoms with Gasteiger partial charge in [0.15, 0.2) is 6.10 Å². The first-order valence-corrected chi connectivity index (χ1v) is 6.72. The SMILES string of the molecule is CC1(C)C=C(COc2ccc([N+](=O)[O-])cc2)COC1C(=O)O. The fraction of sp³-hybridized carbons (Fsp3) is 0.400. The first kappa shape index (κ1) is 16.0. The maximum atomic E-state index is 11.1. The summed E-state index contributed by atoms with van der Waals surface area (Å²) in [6.45, 7) is 4.01. The standard InChI is InChI=1S/C15H17NO6/c1-15(2)7-10(9-22-13(15)14(17)18)8-21-12-5-3-11(4-6-12)16(19)20/h3-7,13H,8-9H2,1-2H3,(H,17,18). The van der Waals surface area contributed by atoms with Crippen LogP contribution < -0.4 is 4.74 Å². The van der Waals surface area contributed by atoms with E-state index in [-0.39, 0.29) is 18.9 Å². The Morgan fingerprint density at radius 1 is 1.45 bits per heavy atom. The molecular formula is C15H17NO6. The molecule has 0 spiro atoms. The summed E-state index contributed by atoms with van der Waals surface area (Å²) in [4.78, 5) is 21.2. The molecule has 7 heteroatoms. The van der Waals surface area contributed by atoms with Gasteiger partial charge in [0.1, 0.15) is 12.4 Å². The first-order valence-electron chi connectivity index (χ1n) is 6.72. The highest BCUT2D eigenvalue weighted by atomic mass is 16.6. The van der Waals surface area contributed by atoms with E-state index in [1.54, 1.807) is 13.8 Å². The molecule has 0 radical (unpaired) electrons. The molecular weight excluding hydrogens is 290 g/mol. The summed E-state index contributed by atoms with van der Waals surface area (Å²) in [7, 11) is 0. The van der Waals surface area contributed by atoms with E-state index in [4.69, 9.17) is 14.6 Å². The molecule has 1 aliphatic heterocycles. The highest BCUT2D eigenvalue weighted by Gasteiger charge is 2.38. The molecule has 0 fully saturated rings. The van der Waals surface area contributed by atoms with E-state index >= 15 is 0 Å². The predicted octanol–water partition coefficient (Wildman–Crippen LogP) is 2.41. The highest BCUT2D eigenvalue weighted by Crippen LogP contribution is 2.31. The number of nitro groups is 1. The van der Waals surface area contributed by atoms with Crippen LogP contribution in [0, 0.1) is 15.5 Å². The number of hydrogen-bond donors (Lipinski definition) is 1. The Labute approximate surface area is 127 Å². The number of non-ortho nitro benzene ring substituents is 1. The zero-order chi connectivity index (χ0) is 16.3. The molecule has 0 bridgehead atoms. The fourth-order valence-corrected chi connectivity index (χ4v) is 2.36. The number of carboxylic acids is 1. The van der Waals surface area contributed by atoms with E-state index < -0.39 is 22.4 Å². The topological polar surface area (TPSA) is 98.9 Å². The molecule has 0 amide bonds. The van der Waals surface area contributed by atoms with Crippen LogP contribution in [-0.4, -0.2) is 35.3 Å². The molecule has 1 unspecified atom stereocenters. The van der Waals surface area contributed by atoms with Crippen molar-refractivity contribution >= 4 is 11.7 Å². The Morgan fingerprint density at radius 2 is 2.09 bits per heavy atom. The summed E-state index contributed by atoms with van der Waals surface area (Å²) in [5.74, 6) is -0.485. The molecule has 0 aromatic heterocycles. The van der Waals surface area contributed by atoms with Crippen molar-refractivity contribution < 1.29 is 24.3 Å². The van der Waals surface area contributed by atoms with Crippen molar-refractivity contribution in [1.29, 1.82) is 0 Å². The Bertz CT molecular complexity index is 605. The van der Waals surface area contributed by atoms with Crippen molar-refractivity contribution in [3.05, 3.63) is 46.0 Å². The van der Waals surface area contributed by atoms with Crippen molar-refractivity contribution in [2.75, 3.05) is 13.2 Å². The van der Waals surface area contributed by atoms with Gasteiger partial charge in [-0.2, -0.15) is 0 Å². The van der Waals surface area contributed by atoms with Gasteiger partial charge >= 0.3 is 5.97 Å². The summed E-state index contributed by atoms with van der Waals surface area (Å²) < 4.78 is 10.9. The van der Waals surface area contributed by atoms with E-state index in [1.165, 1.54) is 24.3 Å². The molecule has 1 aliphatic rings. The third-order valence-electron chi connectivity index (χ3n) is 3.38. The lowest BCUT2D eigenvalue weighted by atomic mass is 9.83. The smallest absolute Gasteiger partial charge is 0.333 e. The van der Waals surface area contributed by atoms with Crippen LogP contribution in [-0.2, 0) is 9.53 Å². The summed E-state index contributed by atoms with van der Waals surface area (Å²) in [6, 6.07) is 5.78. The molecule has 1 N–H and O–H groups in total. The minimum Gasteiger partial charge on any atom is -0.489 e. The second-order valence-corrected chi connectivity index (χ2v) is 5.69. The minimum atomic E-state index is -0.989. The first-order chi connectivity index (χ1) is 10.3. The van der Waals surface area contributed by atoms with E-state index in [0.717, 1.165) is 5.57 Å². The molecule has 118 valence electrons. The number of carboxylic acid groups (broad SMARTS) is 1. The van der Waals surface area contributed by atoms with Crippen LogP contribution in [0.4, 0.5) is 5.69 Å². The molecule has 1 aromatic carbocycles. The quantitative estimate of drug-likeness (QED) is 0.509. The van der Waals surface area contributed by atoms with Crippen LogP contribution in [0.1, 0.15) is 13.8 Å². The van der Waals surface area contributed by atoms with E-state index in [0.29, 0.717) is 5.75 Å². The number of rotatable bonds is 5. The summed E-state index contributed by atoms with van der Waals surface area (Å²) >= 11 is 0. The molecule has 22 heavy (non-hydrogen) atoms. The van der Waals surface area contributed by atoms with Gasteiger partial charge in [0.05, 0.1) is 11.5 Å². The average molecular weight is 307 g/mol. The molecule has 1 heterocycles. The van der Waals surface area contributed by atoms with E-state index in [1.807, 2.05) is 6.08 Å². The van der Waals surface area contributed by atoms with Crippen LogP contribution in [0.25, 0.3) is 0 Å². The second-order valence-electron chi connectivity index (χ2n) is 5.69. The van der Waals surface area contributed by atoms with Crippen molar-refractivity contribution in [3.63, 3.8) is 0 Å². The number of nitrogens with zero attached hydrogens (tertiary/aromatic N) is 1. The van der Waals surface area contributed by atoms with Gasteiger partial charge in [-0.15, -0.1) is 0 Å². The Kier molecular flexibility index (Phi) is 4.46. The van der Waals surface area contributed by atoms with Crippen LogP contribution in [0.15, 0.2) is 35.9 Å². The molecule has 7 nitrogen and oxygen atoms in total. The van der Waals surface area contributed by atoms with Crippen LogP contribution in [0.3, 0.4) is 0 Å². The Morgan fingerprint density at radius 3 is 2.59 bits per heavy atom. The lowest BCUT2D eigenvalue weighted by Crippen LogP contribution is -2.41. The molecule has 0 saturated heterocycles. The monoisotopic (exact) mass is 307 g/mol. The Balaban J connectivity index is 2.00. The third kappa shape index (κ3) is 3.62. The van der Waals surface area contributed by atoms with Crippen LogP contribution in [0.5, 0.6) is 5.75 Å². The van der Waals surface area contributed by atoms with Crippen LogP contribution >= 0.6 is 0 Å². The van der Waals surface area contributed by atoms with Gasteiger partial charge in [-0.3, -0.25) is 10.1 Å². The van der Waals surface area contributed by atoms with Crippen molar-refractivity contribution in [1.82, 2.24) is 0 Å². The van der Waals surface area contributed by atoms with Gasteiger partial charge in [-0.05, 0) is 17.7 Å². The maximum Gasteiger partial charge on any atom is 0.333 e. The number of carbonyl (C=O) groups is 1. The zero-order valence-electron chi connectivity index (χ0n) is 12.3. The number of benzene rings is 1. The van der Waals surface area contributed by atoms with E-state index in [2.05, 4.69) is 0 Å². The van der Waals surface area contributed by atoms with Gasteiger partial charge in [-0.1, -0.05) is 19.9 Å². The number of hydrogen-bond acceptors (Lipinski definition) is 5. The van der Waals surface area contributed by atoms with Gasteiger partial charge < -0.3 is 14.6 Å². The van der Waals surface area contributed by atoms with Crippen molar-refractivity contribution in [2.24, 2.45) is 5.41 Å². The average Bonchev–Trinajstić information content (AvgIpc) is 2.44. The molecule has 2 rings (SSSR count). The van der Waals surface area contributed by atoms with Crippen LogP contribution in [0.2, 0.25) is 0 Å². The fourth-order valence-electron chi connectivity index (χ4n) is 2.36. The van der Waals surface area contributed by atoms with Gasteiger partial charge in [0.2, 0.25) is 0 Å².